The predicted molar refractivity (Wildman–Crippen MR) is 88.1 cm³/mol. The first-order valence-electron chi connectivity index (χ1n) is 7.31. The van der Waals surface area contributed by atoms with E-state index in [4.69, 9.17) is 0 Å². The molecular weight excluding hydrogens is 310 g/mol. The Labute approximate surface area is 129 Å². The lowest BCUT2D eigenvalue weighted by Crippen LogP contribution is -2.19. The molecule has 1 nitrogen and oxygen atoms in total. The minimum absolute atomic E-state index is 0.241. The summed E-state index contributed by atoms with van der Waals surface area (Å²) in [4.78, 5) is 0. The highest BCUT2D eigenvalue weighted by atomic mass is 79.9. The van der Waals surface area contributed by atoms with Gasteiger partial charge in [-0.3, -0.25) is 0 Å². The Balaban J connectivity index is 1.95. The van der Waals surface area contributed by atoms with Crippen LogP contribution >= 0.6 is 15.9 Å². The van der Waals surface area contributed by atoms with E-state index >= 15 is 0 Å². The molecule has 0 aliphatic heterocycles. The summed E-state index contributed by atoms with van der Waals surface area (Å²) < 4.78 is 1.16. The molecule has 1 N–H and O–H groups in total. The van der Waals surface area contributed by atoms with E-state index in [9.17, 15) is 0 Å². The van der Waals surface area contributed by atoms with Gasteiger partial charge in [0.05, 0.1) is 6.04 Å². The van der Waals surface area contributed by atoms with Crippen molar-refractivity contribution in [3.63, 3.8) is 0 Å². The van der Waals surface area contributed by atoms with Gasteiger partial charge in [-0.15, -0.1) is 0 Å². The molecule has 0 aromatic heterocycles. The van der Waals surface area contributed by atoms with E-state index in [0.29, 0.717) is 0 Å². The number of hydrogen-bond acceptors (Lipinski definition) is 1. The third kappa shape index (κ3) is 2.68. The molecule has 1 saturated carbocycles. The van der Waals surface area contributed by atoms with E-state index in [-0.39, 0.29) is 6.04 Å². The Morgan fingerprint density at radius 1 is 1.10 bits per heavy atom. The van der Waals surface area contributed by atoms with Crippen molar-refractivity contribution in [1.82, 2.24) is 5.32 Å². The van der Waals surface area contributed by atoms with Crippen LogP contribution in [-0.2, 0) is 0 Å². The van der Waals surface area contributed by atoms with Crippen LogP contribution < -0.4 is 5.32 Å². The van der Waals surface area contributed by atoms with E-state index < -0.39 is 0 Å². The largest absolute Gasteiger partial charge is 0.309 e. The van der Waals surface area contributed by atoms with Crippen molar-refractivity contribution in [3.8, 4) is 0 Å². The van der Waals surface area contributed by atoms with Gasteiger partial charge in [-0.1, -0.05) is 64.8 Å². The molecule has 1 atom stereocenters. The standard InChI is InChI=1S/C18H20BrN/c1-20-18(16-10-2-3-11-17(16)19)15-9-5-8-14(12-15)13-6-4-7-13/h2-3,5,8-13,18,20H,4,6-7H2,1H3. The molecule has 3 rings (SSSR count). The first kappa shape index (κ1) is 13.8. The highest BCUT2D eigenvalue weighted by Gasteiger charge is 2.21. The van der Waals surface area contributed by atoms with Crippen molar-refractivity contribution in [3.05, 3.63) is 69.7 Å². The molecule has 0 saturated heterocycles. The van der Waals surface area contributed by atoms with Gasteiger partial charge in [0.1, 0.15) is 0 Å². The van der Waals surface area contributed by atoms with Crippen molar-refractivity contribution in [1.29, 1.82) is 0 Å². The Bertz CT molecular complexity index is 589. The van der Waals surface area contributed by atoms with Gasteiger partial charge in [0, 0.05) is 4.47 Å². The molecule has 0 amide bonds. The van der Waals surface area contributed by atoms with Crippen LogP contribution in [0.25, 0.3) is 0 Å². The maximum Gasteiger partial charge on any atom is 0.0585 e. The lowest BCUT2D eigenvalue weighted by atomic mass is 9.79. The van der Waals surface area contributed by atoms with E-state index in [1.807, 2.05) is 7.05 Å². The van der Waals surface area contributed by atoms with Gasteiger partial charge < -0.3 is 5.32 Å². The molecule has 20 heavy (non-hydrogen) atoms. The first-order valence-corrected chi connectivity index (χ1v) is 8.10. The minimum Gasteiger partial charge on any atom is -0.309 e. The number of nitrogens with one attached hydrogen (secondary N) is 1. The highest BCUT2D eigenvalue weighted by Crippen LogP contribution is 2.38. The smallest absolute Gasteiger partial charge is 0.0585 e. The maximum absolute atomic E-state index is 3.67. The van der Waals surface area contributed by atoms with Crippen LogP contribution in [0, 0.1) is 0 Å². The third-order valence-corrected chi connectivity index (χ3v) is 5.05. The first-order chi connectivity index (χ1) is 9.79. The zero-order valence-corrected chi connectivity index (χ0v) is 13.4. The summed E-state index contributed by atoms with van der Waals surface area (Å²) in [7, 11) is 2.03. The lowest BCUT2D eigenvalue weighted by Gasteiger charge is -2.27. The molecule has 2 aromatic rings. The zero-order chi connectivity index (χ0) is 13.9. The highest BCUT2D eigenvalue weighted by molar-refractivity contribution is 9.10. The molecule has 1 aliphatic rings. The fourth-order valence-corrected chi connectivity index (χ4v) is 3.46. The Hall–Kier alpha value is -1.12. The Morgan fingerprint density at radius 3 is 2.55 bits per heavy atom. The molecule has 0 bridgehead atoms. The van der Waals surface area contributed by atoms with Crippen LogP contribution in [0.15, 0.2) is 53.0 Å². The molecule has 0 heterocycles. The van der Waals surface area contributed by atoms with Crippen molar-refractivity contribution in [2.75, 3.05) is 7.05 Å². The van der Waals surface area contributed by atoms with E-state index in [0.717, 1.165) is 10.4 Å². The summed E-state index contributed by atoms with van der Waals surface area (Å²) in [6.07, 6.45) is 4.08. The molecule has 104 valence electrons. The second-order valence-corrected chi connectivity index (χ2v) is 6.40. The van der Waals surface area contributed by atoms with Gasteiger partial charge in [-0.05, 0) is 48.6 Å². The summed E-state index contributed by atoms with van der Waals surface area (Å²) >= 11 is 3.67. The van der Waals surface area contributed by atoms with Gasteiger partial charge >= 0.3 is 0 Å². The second kappa shape index (κ2) is 6.11. The molecule has 2 heteroatoms. The van der Waals surface area contributed by atoms with Gasteiger partial charge in [-0.2, -0.15) is 0 Å². The molecule has 2 aromatic carbocycles. The SMILES string of the molecule is CNC(c1cccc(C2CCC2)c1)c1ccccc1Br. The van der Waals surface area contributed by atoms with Gasteiger partial charge in [-0.25, -0.2) is 0 Å². The molecule has 1 unspecified atom stereocenters. The van der Waals surface area contributed by atoms with Crippen LogP contribution in [0.2, 0.25) is 0 Å². The van der Waals surface area contributed by atoms with Gasteiger partial charge in [0.25, 0.3) is 0 Å². The number of halogens is 1. The fourth-order valence-electron chi connectivity index (χ4n) is 2.95. The number of rotatable bonds is 4. The lowest BCUT2D eigenvalue weighted by molar-refractivity contribution is 0.419. The van der Waals surface area contributed by atoms with E-state index in [2.05, 4.69) is 69.8 Å². The predicted octanol–water partition coefficient (Wildman–Crippen LogP) is 5.03. The second-order valence-electron chi connectivity index (χ2n) is 5.54. The zero-order valence-electron chi connectivity index (χ0n) is 11.8. The fraction of sp³-hybridized carbons (Fsp3) is 0.333. The van der Waals surface area contributed by atoms with Crippen molar-refractivity contribution in [2.24, 2.45) is 0 Å². The third-order valence-electron chi connectivity index (χ3n) is 4.33. The number of hydrogen-bond donors (Lipinski definition) is 1. The topological polar surface area (TPSA) is 12.0 Å². The summed E-state index contributed by atoms with van der Waals surface area (Å²) in [5.74, 6) is 0.784. The van der Waals surface area contributed by atoms with Crippen molar-refractivity contribution < 1.29 is 0 Å². The molecule has 1 aliphatic carbocycles. The van der Waals surface area contributed by atoms with Crippen LogP contribution in [0.4, 0.5) is 0 Å². The summed E-state index contributed by atoms with van der Waals surface area (Å²) in [5, 5.41) is 3.45. The summed E-state index contributed by atoms with van der Waals surface area (Å²) in [5.41, 5.74) is 4.14. The van der Waals surface area contributed by atoms with Crippen LogP contribution in [-0.4, -0.2) is 7.05 Å². The van der Waals surface area contributed by atoms with E-state index in [1.165, 1.54) is 36.0 Å². The minimum atomic E-state index is 0.241. The Morgan fingerprint density at radius 2 is 1.90 bits per heavy atom. The van der Waals surface area contributed by atoms with E-state index in [1.54, 1.807) is 0 Å². The summed E-state index contributed by atoms with van der Waals surface area (Å²) in [6, 6.07) is 17.8. The van der Waals surface area contributed by atoms with Crippen LogP contribution in [0.3, 0.4) is 0 Å². The van der Waals surface area contributed by atoms with Crippen LogP contribution in [0.5, 0.6) is 0 Å². The number of benzene rings is 2. The summed E-state index contributed by atoms with van der Waals surface area (Å²) in [6.45, 7) is 0. The normalized spacial score (nSPS) is 16.7. The van der Waals surface area contributed by atoms with Crippen molar-refractivity contribution in [2.45, 2.75) is 31.2 Å². The van der Waals surface area contributed by atoms with Crippen LogP contribution in [0.1, 0.15) is 47.9 Å². The average molecular weight is 330 g/mol. The molecule has 0 radical (unpaired) electrons. The Kier molecular flexibility index (Phi) is 4.23. The van der Waals surface area contributed by atoms with Gasteiger partial charge in [0.15, 0.2) is 0 Å². The molecule has 1 fully saturated rings. The molecule has 0 spiro atoms. The quantitative estimate of drug-likeness (QED) is 0.829. The maximum atomic E-state index is 3.67. The van der Waals surface area contributed by atoms with Crippen molar-refractivity contribution >= 4 is 15.9 Å². The monoisotopic (exact) mass is 329 g/mol. The molecular formula is C18H20BrN. The van der Waals surface area contributed by atoms with Gasteiger partial charge in [0.2, 0.25) is 0 Å². The average Bonchev–Trinajstić information content (AvgIpc) is 2.40.